The van der Waals surface area contributed by atoms with Crippen LogP contribution in [0.3, 0.4) is 0 Å². The molecular weight excluding hydrogens is 476 g/mol. The van der Waals surface area contributed by atoms with Crippen molar-refractivity contribution in [3.05, 3.63) is 107 Å². The molecule has 0 saturated heterocycles. The first-order valence-corrected chi connectivity index (χ1v) is 12.4. The summed E-state index contributed by atoms with van der Waals surface area (Å²) in [5.74, 6) is 1.22. The van der Waals surface area contributed by atoms with Gasteiger partial charge in [-0.1, -0.05) is 36.4 Å². The molecule has 0 radical (unpaired) electrons. The standard InChI is InChI=1S/C29H24N8O/c1-17-12-14-36-25(17)29(38)37(20-8-4-3-5-9-20)28(35-36)18(2)34-27-23-22(15-31-26(23)32-16-33-27)21-10-6-7-19-11-13-30-24(19)21/h3-16,18,30H,1-2H3,(H2,31,32,33,34). The van der Waals surface area contributed by atoms with Crippen molar-refractivity contribution < 1.29 is 0 Å². The second kappa shape index (κ2) is 8.45. The average Bonchev–Trinajstić information content (AvgIpc) is 3.68. The topological polar surface area (TPSA) is 109 Å². The van der Waals surface area contributed by atoms with E-state index in [4.69, 9.17) is 5.10 Å². The molecule has 0 aliphatic carbocycles. The largest absolute Gasteiger partial charge is 0.361 e. The van der Waals surface area contributed by atoms with Crippen LogP contribution in [-0.2, 0) is 0 Å². The fraction of sp³-hybridized carbons (Fsp3) is 0.103. The zero-order valence-electron chi connectivity index (χ0n) is 20.8. The van der Waals surface area contributed by atoms with E-state index in [1.807, 2.05) is 74.9 Å². The number of anilines is 1. The van der Waals surface area contributed by atoms with E-state index in [9.17, 15) is 4.79 Å². The maximum absolute atomic E-state index is 13.7. The molecule has 7 rings (SSSR count). The molecule has 0 aliphatic heterocycles. The van der Waals surface area contributed by atoms with Gasteiger partial charge in [0, 0.05) is 29.7 Å². The Labute approximate surface area is 216 Å². The molecule has 38 heavy (non-hydrogen) atoms. The number of benzene rings is 2. The lowest BCUT2D eigenvalue weighted by molar-refractivity contribution is 0.673. The molecule has 0 aliphatic rings. The van der Waals surface area contributed by atoms with Crippen LogP contribution < -0.4 is 10.9 Å². The average molecular weight is 501 g/mol. The number of hydrogen-bond acceptors (Lipinski definition) is 5. The third-order valence-corrected chi connectivity index (χ3v) is 7.02. The van der Waals surface area contributed by atoms with Gasteiger partial charge >= 0.3 is 0 Å². The van der Waals surface area contributed by atoms with Gasteiger partial charge in [-0.2, -0.15) is 5.10 Å². The zero-order chi connectivity index (χ0) is 25.8. The van der Waals surface area contributed by atoms with Crippen LogP contribution in [-0.4, -0.2) is 34.1 Å². The third-order valence-electron chi connectivity index (χ3n) is 7.02. The normalized spacial score (nSPS) is 12.5. The lowest BCUT2D eigenvalue weighted by Gasteiger charge is -2.20. The van der Waals surface area contributed by atoms with Crippen LogP contribution in [0.2, 0.25) is 0 Å². The van der Waals surface area contributed by atoms with E-state index >= 15 is 0 Å². The van der Waals surface area contributed by atoms with Crippen LogP contribution in [0.1, 0.15) is 24.4 Å². The van der Waals surface area contributed by atoms with E-state index in [1.54, 1.807) is 9.08 Å². The van der Waals surface area contributed by atoms with Crippen molar-refractivity contribution >= 4 is 33.3 Å². The maximum Gasteiger partial charge on any atom is 0.282 e. The summed E-state index contributed by atoms with van der Waals surface area (Å²) in [6.45, 7) is 3.90. The predicted octanol–water partition coefficient (Wildman–Crippen LogP) is 5.39. The Bertz CT molecular complexity index is 2010. The second-order valence-corrected chi connectivity index (χ2v) is 9.39. The van der Waals surface area contributed by atoms with Crippen molar-refractivity contribution in [2.45, 2.75) is 19.9 Å². The molecule has 2 aromatic carbocycles. The number of H-pyrrole nitrogens is 2. The summed E-state index contributed by atoms with van der Waals surface area (Å²) in [6.07, 6.45) is 7.25. The van der Waals surface area contributed by atoms with Gasteiger partial charge in [-0.3, -0.25) is 9.36 Å². The number of hydrogen-bond donors (Lipinski definition) is 3. The fourth-order valence-electron chi connectivity index (χ4n) is 5.20. The number of aromatic nitrogens is 7. The summed E-state index contributed by atoms with van der Waals surface area (Å²) in [4.78, 5) is 29.5. The van der Waals surface area contributed by atoms with Crippen LogP contribution in [0.4, 0.5) is 5.82 Å². The molecule has 1 unspecified atom stereocenters. The van der Waals surface area contributed by atoms with Gasteiger partial charge in [-0.15, -0.1) is 0 Å². The molecule has 1 atom stereocenters. The highest BCUT2D eigenvalue weighted by molar-refractivity contribution is 6.06. The highest BCUT2D eigenvalue weighted by Gasteiger charge is 2.22. The third kappa shape index (κ3) is 3.32. The van der Waals surface area contributed by atoms with Crippen LogP contribution in [0.15, 0.2) is 90.4 Å². The molecule has 5 aromatic heterocycles. The predicted molar refractivity (Wildman–Crippen MR) is 149 cm³/mol. The molecule has 0 spiro atoms. The minimum atomic E-state index is -0.364. The highest BCUT2D eigenvalue weighted by atomic mass is 16.1. The van der Waals surface area contributed by atoms with Gasteiger partial charge in [-0.05, 0) is 49.1 Å². The van der Waals surface area contributed by atoms with Crippen LogP contribution in [0.25, 0.3) is 44.3 Å². The Balaban J connectivity index is 1.39. The molecule has 3 N–H and O–H groups in total. The number of nitrogens with one attached hydrogen (secondary N) is 3. The van der Waals surface area contributed by atoms with Gasteiger partial charge in [0.25, 0.3) is 5.56 Å². The van der Waals surface area contributed by atoms with E-state index < -0.39 is 0 Å². The van der Waals surface area contributed by atoms with Crippen molar-refractivity contribution in [1.82, 2.24) is 34.1 Å². The van der Waals surface area contributed by atoms with Crippen molar-refractivity contribution in [1.29, 1.82) is 0 Å². The number of para-hydroxylation sites is 2. The molecule has 0 fully saturated rings. The summed E-state index contributed by atoms with van der Waals surface area (Å²) in [5, 5.41) is 10.4. The Morgan fingerprint density at radius 1 is 0.947 bits per heavy atom. The summed E-state index contributed by atoms with van der Waals surface area (Å²) in [5.41, 5.74) is 5.87. The van der Waals surface area contributed by atoms with Gasteiger partial charge in [0.05, 0.1) is 22.6 Å². The number of fused-ring (bicyclic) bond motifs is 3. The van der Waals surface area contributed by atoms with E-state index in [0.717, 1.165) is 44.3 Å². The molecule has 9 nitrogen and oxygen atoms in total. The monoisotopic (exact) mass is 500 g/mol. The lowest BCUT2D eigenvalue weighted by Crippen LogP contribution is -2.29. The van der Waals surface area contributed by atoms with Crippen LogP contribution in [0.5, 0.6) is 0 Å². The van der Waals surface area contributed by atoms with E-state index in [-0.39, 0.29) is 11.6 Å². The minimum absolute atomic E-state index is 0.119. The quantitative estimate of drug-likeness (QED) is 0.294. The highest BCUT2D eigenvalue weighted by Crippen LogP contribution is 2.36. The number of aromatic amines is 2. The molecule has 7 aromatic rings. The first-order valence-electron chi connectivity index (χ1n) is 12.4. The molecule has 0 saturated carbocycles. The smallest absolute Gasteiger partial charge is 0.282 e. The Morgan fingerprint density at radius 2 is 1.82 bits per heavy atom. The second-order valence-electron chi connectivity index (χ2n) is 9.39. The molecular formula is C29H24N8O. The van der Waals surface area contributed by atoms with Crippen molar-refractivity contribution in [2.75, 3.05) is 5.32 Å². The first kappa shape index (κ1) is 22.1. The van der Waals surface area contributed by atoms with E-state index in [0.29, 0.717) is 17.2 Å². The zero-order valence-corrected chi connectivity index (χ0v) is 20.8. The summed E-state index contributed by atoms with van der Waals surface area (Å²) in [7, 11) is 0. The molecule has 5 heterocycles. The number of aryl methyl sites for hydroxylation is 1. The first-order chi connectivity index (χ1) is 18.6. The Kier molecular flexibility index (Phi) is 4.90. The summed E-state index contributed by atoms with van der Waals surface area (Å²) < 4.78 is 3.34. The molecule has 0 amide bonds. The van der Waals surface area contributed by atoms with Gasteiger partial charge in [0.1, 0.15) is 23.3 Å². The number of nitrogens with zero attached hydrogens (tertiary/aromatic N) is 5. The van der Waals surface area contributed by atoms with Crippen LogP contribution in [0, 0.1) is 6.92 Å². The van der Waals surface area contributed by atoms with Crippen molar-refractivity contribution in [2.24, 2.45) is 0 Å². The molecule has 0 bridgehead atoms. The lowest BCUT2D eigenvalue weighted by atomic mass is 10.0. The van der Waals surface area contributed by atoms with Gasteiger partial charge in [0.2, 0.25) is 0 Å². The van der Waals surface area contributed by atoms with Crippen molar-refractivity contribution in [3.8, 4) is 16.8 Å². The Morgan fingerprint density at radius 3 is 2.68 bits per heavy atom. The molecule has 9 heteroatoms. The van der Waals surface area contributed by atoms with Crippen LogP contribution >= 0.6 is 0 Å². The van der Waals surface area contributed by atoms with Gasteiger partial charge in [-0.25, -0.2) is 14.5 Å². The minimum Gasteiger partial charge on any atom is -0.361 e. The summed E-state index contributed by atoms with van der Waals surface area (Å²) in [6, 6.07) is 19.4. The SMILES string of the molecule is Cc1ccn2nc(C(C)Nc3ncnc4[nH]cc(-c5cccc6cc[nH]c56)c34)n(-c3ccccc3)c(=O)c12. The Hall–Kier alpha value is -5.18. The summed E-state index contributed by atoms with van der Waals surface area (Å²) >= 11 is 0. The van der Waals surface area contributed by atoms with E-state index in [1.165, 1.54) is 6.33 Å². The number of rotatable bonds is 5. The molecule has 186 valence electrons. The van der Waals surface area contributed by atoms with Gasteiger partial charge in [0.15, 0.2) is 5.82 Å². The fourth-order valence-corrected chi connectivity index (χ4v) is 5.20. The van der Waals surface area contributed by atoms with Crippen molar-refractivity contribution in [3.63, 3.8) is 0 Å². The maximum atomic E-state index is 13.7. The van der Waals surface area contributed by atoms with E-state index in [2.05, 4.69) is 43.5 Å². The van der Waals surface area contributed by atoms with Gasteiger partial charge < -0.3 is 15.3 Å².